The average molecular weight is 206 g/mol. The third-order valence-corrected chi connectivity index (χ3v) is 2.17. The van der Waals surface area contributed by atoms with E-state index >= 15 is 0 Å². The van der Waals surface area contributed by atoms with Crippen molar-refractivity contribution in [1.29, 1.82) is 0 Å². The van der Waals surface area contributed by atoms with E-state index in [1.165, 1.54) is 11.6 Å². The minimum absolute atomic E-state index is 0.651. The number of nitrogens with zero attached hydrogens (tertiary/aromatic N) is 1. The van der Waals surface area contributed by atoms with Crippen molar-refractivity contribution in [1.82, 2.24) is 10.4 Å². The molecule has 0 spiro atoms. The zero-order chi connectivity index (χ0) is 11.1. The second-order valence-corrected chi connectivity index (χ2v) is 3.72. The Morgan fingerprint density at radius 2 is 1.93 bits per heavy atom. The van der Waals surface area contributed by atoms with Gasteiger partial charge >= 0.3 is 0 Å². The maximum Gasteiger partial charge on any atom is 0.0493 e. The smallest absolute Gasteiger partial charge is 0.0493 e. The monoisotopic (exact) mass is 206 g/mol. The van der Waals surface area contributed by atoms with Gasteiger partial charge < -0.3 is 5.73 Å². The van der Waals surface area contributed by atoms with Gasteiger partial charge in [-0.1, -0.05) is 30.3 Å². The highest BCUT2D eigenvalue weighted by molar-refractivity contribution is 5.14. The van der Waals surface area contributed by atoms with E-state index in [1.54, 1.807) is 0 Å². The molecule has 3 N–H and O–H groups in total. The van der Waals surface area contributed by atoms with Gasteiger partial charge in [-0.2, -0.15) is 0 Å². The number of nitrogens with one attached hydrogen (secondary N) is 1. The van der Waals surface area contributed by atoms with Crippen LogP contribution in [0.5, 0.6) is 0 Å². The molecule has 0 bridgehead atoms. The van der Waals surface area contributed by atoms with Gasteiger partial charge in [0.15, 0.2) is 0 Å². The number of hydrogen-bond acceptors (Lipinski definition) is 3. The molecule has 3 heteroatoms. The van der Waals surface area contributed by atoms with Gasteiger partial charge in [0.05, 0.1) is 0 Å². The highest BCUT2D eigenvalue weighted by Crippen LogP contribution is 2.09. The molecule has 0 aliphatic rings. The summed E-state index contributed by atoms with van der Waals surface area (Å²) in [4.78, 5) is 0. The van der Waals surface area contributed by atoms with Crippen LogP contribution in [0, 0.1) is 6.04 Å². The molecule has 0 amide bonds. The van der Waals surface area contributed by atoms with E-state index in [0.717, 1.165) is 13.1 Å². The lowest BCUT2D eigenvalue weighted by Crippen LogP contribution is -2.41. The topological polar surface area (TPSA) is 41.3 Å². The second kappa shape index (κ2) is 6.56. The van der Waals surface area contributed by atoms with E-state index in [1.807, 2.05) is 6.07 Å². The SMILES string of the molecule is C[C](C)N(Cc1ccccc1)NCCN. The van der Waals surface area contributed by atoms with Crippen LogP contribution in [0.2, 0.25) is 0 Å². The maximum absolute atomic E-state index is 5.47. The van der Waals surface area contributed by atoms with Gasteiger partial charge in [-0.15, -0.1) is 0 Å². The Morgan fingerprint density at radius 3 is 2.47 bits per heavy atom. The van der Waals surface area contributed by atoms with Crippen molar-refractivity contribution in [2.24, 2.45) is 5.73 Å². The normalized spacial score (nSPS) is 11.3. The summed E-state index contributed by atoms with van der Waals surface area (Å²) in [6.07, 6.45) is 0. The Balaban J connectivity index is 2.51. The molecule has 1 aromatic carbocycles. The van der Waals surface area contributed by atoms with Gasteiger partial charge in [0.2, 0.25) is 0 Å². The van der Waals surface area contributed by atoms with Crippen LogP contribution in [0.25, 0.3) is 0 Å². The third kappa shape index (κ3) is 4.42. The van der Waals surface area contributed by atoms with Crippen molar-refractivity contribution in [3.63, 3.8) is 0 Å². The summed E-state index contributed by atoms with van der Waals surface area (Å²) in [5.74, 6) is 0. The van der Waals surface area contributed by atoms with Crippen molar-refractivity contribution in [2.45, 2.75) is 20.4 Å². The van der Waals surface area contributed by atoms with Gasteiger partial charge in [0.25, 0.3) is 0 Å². The maximum atomic E-state index is 5.47. The Bertz CT molecular complexity index is 259. The molecule has 0 aliphatic heterocycles. The molecule has 0 aliphatic carbocycles. The summed E-state index contributed by atoms with van der Waals surface area (Å²) < 4.78 is 0. The predicted octanol–water partition coefficient (Wildman–Crippen LogP) is 1.52. The highest BCUT2D eigenvalue weighted by Gasteiger charge is 2.08. The molecule has 0 atom stereocenters. The van der Waals surface area contributed by atoms with Crippen LogP contribution in [0.1, 0.15) is 19.4 Å². The zero-order valence-corrected chi connectivity index (χ0v) is 9.53. The molecule has 0 fully saturated rings. The summed E-state index contributed by atoms with van der Waals surface area (Å²) in [5, 5.41) is 2.13. The van der Waals surface area contributed by atoms with Crippen molar-refractivity contribution < 1.29 is 0 Å². The molecule has 0 saturated heterocycles. The molecule has 0 aromatic heterocycles. The number of hydrazine groups is 1. The molecule has 1 radical (unpaired) electrons. The molecule has 83 valence electrons. The minimum Gasteiger partial charge on any atom is -0.329 e. The van der Waals surface area contributed by atoms with Crippen LogP contribution >= 0.6 is 0 Å². The Hall–Kier alpha value is -0.900. The predicted molar refractivity (Wildman–Crippen MR) is 63.6 cm³/mol. The lowest BCUT2D eigenvalue weighted by atomic mass is 10.2. The van der Waals surface area contributed by atoms with E-state index in [0.29, 0.717) is 6.54 Å². The Kier molecular flexibility index (Phi) is 5.32. The quantitative estimate of drug-likeness (QED) is 0.693. The van der Waals surface area contributed by atoms with Crippen LogP contribution in [0.15, 0.2) is 30.3 Å². The molecule has 1 aromatic rings. The molecular formula is C12H20N3. The van der Waals surface area contributed by atoms with Crippen LogP contribution in [-0.2, 0) is 6.54 Å². The first-order valence-electron chi connectivity index (χ1n) is 5.29. The number of rotatable bonds is 6. The molecular weight excluding hydrogens is 186 g/mol. The summed E-state index contributed by atoms with van der Waals surface area (Å²) in [7, 11) is 0. The fourth-order valence-corrected chi connectivity index (χ4v) is 1.34. The second-order valence-electron chi connectivity index (χ2n) is 3.72. The Morgan fingerprint density at radius 1 is 1.27 bits per heavy atom. The van der Waals surface area contributed by atoms with Crippen molar-refractivity contribution >= 4 is 0 Å². The fraction of sp³-hybridized carbons (Fsp3) is 0.417. The Labute approximate surface area is 92.2 Å². The van der Waals surface area contributed by atoms with Gasteiger partial charge in [0, 0.05) is 25.7 Å². The van der Waals surface area contributed by atoms with Crippen molar-refractivity contribution in [3.05, 3.63) is 41.9 Å². The minimum atomic E-state index is 0.651. The standard InChI is InChI=1S/C12H20N3/c1-11(2)15(14-9-8-13)10-12-6-4-3-5-7-12/h3-7,14H,8-10,13H2,1-2H3. The highest BCUT2D eigenvalue weighted by atomic mass is 15.5. The van der Waals surface area contributed by atoms with E-state index in [4.69, 9.17) is 5.73 Å². The molecule has 0 saturated carbocycles. The average Bonchev–Trinajstić information content (AvgIpc) is 2.25. The van der Waals surface area contributed by atoms with Crippen molar-refractivity contribution in [3.8, 4) is 0 Å². The van der Waals surface area contributed by atoms with Crippen LogP contribution in [0.3, 0.4) is 0 Å². The van der Waals surface area contributed by atoms with Gasteiger partial charge in [0.1, 0.15) is 0 Å². The van der Waals surface area contributed by atoms with Crippen LogP contribution in [0.4, 0.5) is 0 Å². The van der Waals surface area contributed by atoms with E-state index in [9.17, 15) is 0 Å². The molecule has 1 rings (SSSR count). The lowest BCUT2D eigenvalue weighted by Gasteiger charge is -2.26. The number of benzene rings is 1. The first-order chi connectivity index (χ1) is 7.24. The van der Waals surface area contributed by atoms with E-state index < -0.39 is 0 Å². The number of hydrogen-bond donors (Lipinski definition) is 2. The zero-order valence-electron chi connectivity index (χ0n) is 9.53. The molecule has 0 heterocycles. The van der Waals surface area contributed by atoms with Crippen LogP contribution < -0.4 is 11.2 Å². The van der Waals surface area contributed by atoms with Crippen LogP contribution in [-0.4, -0.2) is 18.1 Å². The largest absolute Gasteiger partial charge is 0.329 e. The molecule has 15 heavy (non-hydrogen) atoms. The number of nitrogens with two attached hydrogens (primary N) is 1. The first-order valence-corrected chi connectivity index (χ1v) is 5.29. The molecule has 0 unspecified atom stereocenters. The summed E-state index contributed by atoms with van der Waals surface area (Å²) in [5.41, 5.74) is 10.1. The summed E-state index contributed by atoms with van der Waals surface area (Å²) in [6.45, 7) is 6.51. The van der Waals surface area contributed by atoms with E-state index in [-0.39, 0.29) is 0 Å². The van der Waals surface area contributed by atoms with E-state index in [2.05, 4.69) is 48.5 Å². The van der Waals surface area contributed by atoms with Gasteiger partial charge in [-0.25, -0.2) is 5.01 Å². The summed E-state index contributed by atoms with van der Waals surface area (Å²) in [6, 6.07) is 11.6. The summed E-state index contributed by atoms with van der Waals surface area (Å²) >= 11 is 0. The van der Waals surface area contributed by atoms with Gasteiger partial charge in [-0.05, 0) is 19.4 Å². The fourth-order valence-electron chi connectivity index (χ4n) is 1.34. The lowest BCUT2D eigenvalue weighted by molar-refractivity contribution is 0.197. The van der Waals surface area contributed by atoms with Crippen molar-refractivity contribution in [2.75, 3.05) is 13.1 Å². The third-order valence-electron chi connectivity index (χ3n) is 2.17. The molecule has 3 nitrogen and oxygen atoms in total. The first kappa shape index (κ1) is 12.2. The van der Waals surface area contributed by atoms with Gasteiger partial charge in [-0.3, -0.25) is 5.43 Å².